The van der Waals surface area contributed by atoms with Crippen molar-refractivity contribution in [1.82, 2.24) is 10.6 Å². The lowest BCUT2D eigenvalue weighted by Crippen LogP contribution is -2.45. The van der Waals surface area contributed by atoms with Gasteiger partial charge in [0, 0.05) is 19.2 Å². The summed E-state index contributed by atoms with van der Waals surface area (Å²) in [4.78, 5) is 40.4. The maximum atomic E-state index is 13.3. The van der Waals surface area contributed by atoms with Gasteiger partial charge in [0.15, 0.2) is 0 Å². The third-order valence-electron chi connectivity index (χ3n) is 6.20. The Bertz CT molecular complexity index is 1320. The maximum absolute atomic E-state index is 13.3. The molecule has 6 nitrogen and oxygen atoms in total. The fraction of sp³-hybridized carbons (Fsp3) is 0.222. The Morgan fingerprint density at radius 1 is 0.944 bits per heavy atom. The number of carbonyl (C=O) groups is 3. The first kappa shape index (κ1) is 25.0. The number of fused-ring (bicyclic) bond motifs is 3. The van der Waals surface area contributed by atoms with Crippen molar-refractivity contribution in [2.45, 2.75) is 25.7 Å². The largest absolute Gasteiger partial charge is 0.416 e. The number of carbonyl (C=O) groups excluding carboxylic acids is 3. The summed E-state index contributed by atoms with van der Waals surface area (Å²) in [6.07, 6.45) is -4.50. The van der Waals surface area contributed by atoms with Gasteiger partial charge >= 0.3 is 6.18 Å². The van der Waals surface area contributed by atoms with E-state index in [1.165, 1.54) is 24.0 Å². The van der Waals surface area contributed by atoms with Crippen LogP contribution in [0.25, 0.3) is 11.1 Å². The van der Waals surface area contributed by atoms with Crippen LogP contribution in [-0.2, 0) is 27.1 Å². The number of likely N-dealkylation sites (N-methyl/N-ethyl adjacent to an activating group) is 1. The second-order valence-electron chi connectivity index (χ2n) is 8.58. The highest BCUT2D eigenvalue weighted by molar-refractivity contribution is 6.07. The molecule has 3 aromatic carbocycles. The quantitative estimate of drug-likeness (QED) is 0.513. The van der Waals surface area contributed by atoms with E-state index in [1.807, 2.05) is 36.4 Å². The van der Waals surface area contributed by atoms with E-state index in [4.69, 9.17) is 0 Å². The van der Waals surface area contributed by atoms with Crippen molar-refractivity contribution >= 4 is 23.4 Å². The van der Waals surface area contributed by atoms with E-state index in [9.17, 15) is 27.6 Å². The Balaban J connectivity index is 1.50. The molecule has 0 radical (unpaired) electrons. The van der Waals surface area contributed by atoms with Gasteiger partial charge in [-0.2, -0.15) is 13.2 Å². The molecule has 3 amide bonds. The number of nitrogens with one attached hydrogen (secondary N) is 2. The predicted molar refractivity (Wildman–Crippen MR) is 129 cm³/mol. The van der Waals surface area contributed by atoms with Crippen molar-refractivity contribution in [1.29, 1.82) is 0 Å². The van der Waals surface area contributed by atoms with Crippen molar-refractivity contribution in [3.05, 3.63) is 89.5 Å². The first-order valence-electron chi connectivity index (χ1n) is 11.3. The molecule has 3 aromatic rings. The number of nitrogens with zero attached hydrogens (tertiary/aromatic N) is 1. The van der Waals surface area contributed by atoms with E-state index in [-0.39, 0.29) is 18.0 Å². The Kier molecular flexibility index (Phi) is 6.83. The molecule has 1 heterocycles. The average molecular weight is 496 g/mol. The van der Waals surface area contributed by atoms with Crippen LogP contribution in [0.3, 0.4) is 0 Å². The van der Waals surface area contributed by atoms with E-state index in [0.29, 0.717) is 11.3 Å². The molecule has 0 saturated carbocycles. The Morgan fingerprint density at radius 3 is 2.33 bits per heavy atom. The zero-order valence-electron chi connectivity index (χ0n) is 19.6. The lowest BCUT2D eigenvalue weighted by atomic mass is 9.95. The molecule has 0 aliphatic carbocycles. The molecule has 0 bridgehead atoms. The zero-order valence-corrected chi connectivity index (χ0v) is 19.6. The van der Waals surface area contributed by atoms with E-state index in [2.05, 4.69) is 10.6 Å². The van der Waals surface area contributed by atoms with Gasteiger partial charge in [0.1, 0.15) is 12.0 Å². The minimum atomic E-state index is -4.50. The summed E-state index contributed by atoms with van der Waals surface area (Å²) >= 11 is 0. The molecule has 36 heavy (non-hydrogen) atoms. The molecule has 0 aromatic heterocycles. The number of benzene rings is 3. The number of hydrogen-bond acceptors (Lipinski definition) is 3. The predicted octanol–water partition coefficient (Wildman–Crippen LogP) is 4.46. The molecule has 2 N–H and O–H groups in total. The Hall–Kier alpha value is -4.14. The fourth-order valence-electron chi connectivity index (χ4n) is 4.16. The third-order valence-corrected chi connectivity index (χ3v) is 6.20. The summed E-state index contributed by atoms with van der Waals surface area (Å²) in [6, 6.07) is 18.2. The van der Waals surface area contributed by atoms with Crippen LogP contribution in [0.4, 0.5) is 18.9 Å². The van der Waals surface area contributed by atoms with Crippen LogP contribution in [0.15, 0.2) is 72.8 Å². The maximum Gasteiger partial charge on any atom is 0.416 e. The van der Waals surface area contributed by atoms with Crippen LogP contribution >= 0.6 is 0 Å². The number of amides is 3. The zero-order chi connectivity index (χ0) is 26.0. The molecule has 1 aliphatic rings. The highest BCUT2D eigenvalue weighted by Crippen LogP contribution is 2.39. The first-order chi connectivity index (χ1) is 17.1. The molecule has 0 fully saturated rings. The molecule has 9 heteroatoms. The summed E-state index contributed by atoms with van der Waals surface area (Å²) < 4.78 is 38.8. The molecule has 0 spiro atoms. The minimum absolute atomic E-state index is 0.177. The van der Waals surface area contributed by atoms with Crippen LogP contribution in [0, 0.1) is 5.92 Å². The smallest absolute Gasteiger partial charge is 0.351 e. The first-order valence-corrected chi connectivity index (χ1v) is 11.3. The van der Waals surface area contributed by atoms with Gasteiger partial charge in [0.2, 0.25) is 11.8 Å². The van der Waals surface area contributed by atoms with Crippen LogP contribution in [0.2, 0.25) is 0 Å². The van der Waals surface area contributed by atoms with Gasteiger partial charge in [0.25, 0.3) is 5.91 Å². The number of halogens is 3. The SMILES string of the molecule is CC(C(=O)NCc1cccc(C(F)(F)F)c1)C(=O)NC1C(=O)N(C)c2ccccc2-c2ccccc21. The minimum Gasteiger partial charge on any atom is -0.351 e. The van der Waals surface area contributed by atoms with Gasteiger partial charge in [-0.1, -0.05) is 54.6 Å². The Morgan fingerprint density at radius 2 is 1.61 bits per heavy atom. The van der Waals surface area contributed by atoms with Crippen LogP contribution in [0.5, 0.6) is 0 Å². The van der Waals surface area contributed by atoms with Gasteiger partial charge in [-0.3, -0.25) is 14.4 Å². The van der Waals surface area contributed by atoms with Crippen LogP contribution in [-0.4, -0.2) is 24.8 Å². The number of anilines is 1. The standard InChI is InChI=1S/C27H24F3N3O3/c1-16(24(34)31-15-17-8-7-9-18(14-17)27(28,29)30)25(35)32-23-21-12-4-3-10-19(21)20-11-5-6-13-22(20)33(2)26(23)36/h3-14,16,23H,15H2,1-2H3,(H,31,34)(H,32,35). The molecular weight excluding hydrogens is 471 g/mol. The third kappa shape index (κ3) is 4.95. The van der Waals surface area contributed by atoms with Crippen LogP contribution < -0.4 is 15.5 Å². The molecule has 186 valence electrons. The van der Waals surface area contributed by atoms with E-state index in [1.54, 1.807) is 19.2 Å². The van der Waals surface area contributed by atoms with Crippen molar-refractivity contribution in [3.8, 4) is 11.1 Å². The normalized spacial score (nSPS) is 15.9. The molecule has 0 saturated heterocycles. The second-order valence-corrected chi connectivity index (χ2v) is 8.58. The second kappa shape index (κ2) is 9.85. The number of alkyl halides is 3. The molecular formula is C27H24F3N3O3. The highest BCUT2D eigenvalue weighted by Gasteiger charge is 2.35. The van der Waals surface area contributed by atoms with Gasteiger partial charge < -0.3 is 15.5 Å². The summed E-state index contributed by atoms with van der Waals surface area (Å²) in [6.45, 7) is 1.20. The summed E-state index contributed by atoms with van der Waals surface area (Å²) in [7, 11) is 1.62. The van der Waals surface area contributed by atoms with Crippen molar-refractivity contribution in [3.63, 3.8) is 0 Å². The highest BCUT2D eigenvalue weighted by atomic mass is 19.4. The van der Waals surface area contributed by atoms with Crippen LogP contribution in [0.1, 0.15) is 29.7 Å². The van der Waals surface area contributed by atoms with Crippen molar-refractivity contribution in [2.75, 3.05) is 11.9 Å². The molecule has 2 atom stereocenters. The van der Waals surface area contributed by atoms with E-state index < -0.39 is 35.5 Å². The fourth-order valence-corrected chi connectivity index (χ4v) is 4.16. The number of rotatable bonds is 5. The van der Waals surface area contributed by atoms with Gasteiger partial charge in [0.05, 0.1) is 11.3 Å². The van der Waals surface area contributed by atoms with Crippen molar-refractivity contribution < 1.29 is 27.6 Å². The number of hydrogen-bond donors (Lipinski definition) is 2. The van der Waals surface area contributed by atoms with E-state index >= 15 is 0 Å². The topological polar surface area (TPSA) is 78.5 Å². The molecule has 4 rings (SSSR count). The molecule has 1 aliphatic heterocycles. The van der Waals surface area contributed by atoms with Gasteiger partial charge in [-0.05, 0) is 41.8 Å². The lowest BCUT2D eigenvalue weighted by molar-refractivity contribution is -0.137. The summed E-state index contributed by atoms with van der Waals surface area (Å²) in [5.74, 6) is -2.90. The summed E-state index contributed by atoms with van der Waals surface area (Å²) in [5.41, 5.74) is 2.35. The average Bonchev–Trinajstić information content (AvgIpc) is 2.96. The lowest BCUT2D eigenvalue weighted by Gasteiger charge is -2.24. The molecule has 2 unspecified atom stereocenters. The van der Waals surface area contributed by atoms with Crippen molar-refractivity contribution in [2.24, 2.45) is 5.92 Å². The number of para-hydroxylation sites is 1. The van der Waals surface area contributed by atoms with Gasteiger partial charge in [-0.15, -0.1) is 0 Å². The summed E-state index contributed by atoms with van der Waals surface area (Å²) in [5, 5.41) is 5.20. The monoisotopic (exact) mass is 495 g/mol. The van der Waals surface area contributed by atoms with Gasteiger partial charge in [-0.25, -0.2) is 0 Å². The van der Waals surface area contributed by atoms with E-state index in [0.717, 1.165) is 23.3 Å². The Labute approximate surface area is 206 Å².